The zero-order valence-electron chi connectivity index (χ0n) is 16.6. The van der Waals surface area contributed by atoms with Gasteiger partial charge in [0.1, 0.15) is 5.82 Å². The van der Waals surface area contributed by atoms with E-state index in [9.17, 15) is 17.6 Å². The molecule has 0 bridgehead atoms. The third kappa shape index (κ3) is 4.37. The number of benzene rings is 2. The van der Waals surface area contributed by atoms with Gasteiger partial charge in [-0.05, 0) is 59.5 Å². The first kappa shape index (κ1) is 20.7. The summed E-state index contributed by atoms with van der Waals surface area (Å²) in [6, 6.07) is 12.5. The van der Waals surface area contributed by atoms with Crippen molar-refractivity contribution in [3.8, 4) is 16.9 Å². The fourth-order valence-corrected chi connectivity index (χ4v) is 4.08. The normalized spacial score (nSPS) is 12.0. The lowest BCUT2D eigenvalue weighted by Gasteiger charge is -2.23. The van der Waals surface area contributed by atoms with Crippen molar-refractivity contribution in [1.82, 2.24) is 14.5 Å². The van der Waals surface area contributed by atoms with Crippen LogP contribution in [0.5, 0.6) is 0 Å². The van der Waals surface area contributed by atoms with E-state index in [1.165, 1.54) is 24.3 Å². The molecule has 2 aromatic carbocycles. The summed E-state index contributed by atoms with van der Waals surface area (Å²) < 4.78 is 41.7. The third-order valence-corrected chi connectivity index (χ3v) is 5.83. The molecule has 6 nitrogen and oxygen atoms in total. The van der Waals surface area contributed by atoms with E-state index >= 15 is 0 Å². The first-order valence-corrected chi connectivity index (χ1v) is 10.5. The molecule has 29 heavy (non-hydrogen) atoms. The maximum Gasteiger partial charge on any atom is 0.264 e. The van der Waals surface area contributed by atoms with Gasteiger partial charge in [0.2, 0.25) is 5.91 Å². The Morgan fingerprint density at radius 2 is 1.72 bits per heavy atom. The molecule has 1 aromatic heterocycles. The molecule has 8 heteroatoms. The molecule has 0 aliphatic heterocycles. The summed E-state index contributed by atoms with van der Waals surface area (Å²) >= 11 is 0. The van der Waals surface area contributed by atoms with Crippen LogP contribution in [0.4, 0.5) is 4.39 Å². The summed E-state index contributed by atoms with van der Waals surface area (Å²) in [4.78, 5) is 11.1. The second kappa shape index (κ2) is 7.44. The van der Waals surface area contributed by atoms with Crippen LogP contribution in [0, 0.1) is 5.82 Å². The number of nitrogens with zero attached hydrogens (tertiary/aromatic N) is 2. The maximum atomic E-state index is 13.9. The lowest BCUT2D eigenvalue weighted by atomic mass is 9.83. The summed E-state index contributed by atoms with van der Waals surface area (Å²) in [7, 11) is -3.91. The van der Waals surface area contributed by atoms with Gasteiger partial charge < -0.3 is 0 Å². The SMILES string of the molecule is CC(=O)NS(=O)(=O)c1ccc(-n2nccc2-c2ccc(F)cc2C(C)(C)C)cc1. The number of rotatable bonds is 4. The van der Waals surface area contributed by atoms with E-state index in [4.69, 9.17) is 0 Å². The highest BCUT2D eigenvalue weighted by Gasteiger charge is 2.22. The summed E-state index contributed by atoms with van der Waals surface area (Å²) in [5.74, 6) is -0.966. The molecule has 152 valence electrons. The van der Waals surface area contributed by atoms with E-state index in [1.807, 2.05) is 31.6 Å². The Labute approximate surface area is 169 Å². The molecule has 0 atom stereocenters. The van der Waals surface area contributed by atoms with Crippen LogP contribution in [0.1, 0.15) is 33.3 Å². The van der Waals surface area contributed by atoms with Crippen molar-refractivity contribution in [2.75, 3.05) is 0 Å². The van der Waals surface area contributed by atoms with Crippen LogP contribution >= 0.6 is 0 Å². The Bertz CT molecular complexity index is 1160. The predicted molar refractivity (Wildman–Crippen MR) is 109 cm³/mol. The summed E-state index contributed by atoms with van der Waals surface area (Å²) in [5.41, 5.74) is 2.78. The quantitative estimate of drug-likeness (QED) is 0.703. The Morgan fingerprint density at radius 3 is 2.31 bits per heavy atom. The van der Waals surface area contributed by atoms with Crippen LogP contribution in [-0.2, 0) is 20.2 Å². The van der Waals surface area contributed by atoms with Gasteiger partial charge in [-0.3, -0.25) is 4.79 Å². The molecule has 0 spiro atoms. The third-order valence-electron chi connectivity index (χ3n) is 4.38. The summed E-state index contributed by atoms with van der Waals surface area (Å²) in [5, 5.41) is 4.35. The van der Waals surface area contributed by atoms with Crippen molar-refractivity contribution in [2.24, 2.45) is 0 Å². The molecule has 1 amide bonds. The molecular weight excluding hydrogens is 393 g/mol. The second-order valence-electron chi connectivity index (χ2n) is 7.72. The van der Waals surface area contributed by atoms with Gasteiger partial charge in [0, 0.05) is 12.5 Å². The molecule has 3 rings (SSSR count). The number of aromatic nitrogens is 2. The predicted octanol–water partition coefficient (Wildman–Crippen LogP) is 3.80. The van der Waals surface area contributed by atoms with Gasteiger partial charge in [-0.2, -0.15) is 5.10 Å². The Morgan fingerprint density at radius 1 is 1.07 bits per heavy atom. The minimum atomic E-state index is -3.91. The second-order valence-corrected chi connectivity index (χ2v) is 9.41. The van der Waals surface area contributed by atoms with Crippen molar-refractivity contribution >= 4 is 15.9 Å². The van der Waals surface area contributed by atoms with Crippen molar-refractivity contribution < 1.29 is 17.6 Å². The number of hydrogen-bond donors (Lipinski definition) is 1. The molecular formula is C21H22FN3O3S. The number of amides is 1. The van der Waals surface area contributed by atoms with Crippen LogP contribution in [0.25, 0.3) is 16.9 Å². The lowest BCUT2D eigenvalue weighted by Crippen LogP contribution is -2.28. The monoisotopic (exact) mass is 415 g/mol. The summed E-state index contributed by atoms with van der Waals surface area (Å²) in [6.45, 7) is 7.16. The van der Waals surface area contributed by atoms with E-state index in [-0.39, 0.29) is 16.1 Å². The van der Waals surface area contributed by atoms with E-state index in [2.05, 4.69) is 5.10 Å². The lowest BCUT2D eigenvalue weighted by molar-refractivity contribution is -0.117. The molecule has 0 radical (unpaired) electrons. The minimum absolute atomic E-state index is 0.0256. The fraction of sp³-hybridized carbons (Fsp3) is 0.238. The largest absolute Gasteiger partial charge is 0.274 e. The smallest absolute Gasteiger partial charge is 0.264 e. The van der Waals surface area contributed by atoms with E-state index in [0.29, 0.717) is 5.69 Å². The van der Waals surface area contributed by atoms with Gasteiger partial charge >= 0.3 is 0 Å². The highest BCUT2D eigenvalue weighted by Crippen LogP contribution is 2.34. The molecule has 1 heterocycles. The zero-order valence-corrected chi connectivity index (χ0v) is 17.4. The average Bonchev–Trinajstić information content (AvgIpc) is 3.09. The van der Waals surface area contributed by atoms with Crippen LogP contribution < -0.4 is 4.72 Å². The number of nitrogens with one attached hydrogen (secondary N) is 1. The minimum Gasteiger partial charge on any atom is -0.274 e. The van der Waals surface area contributed by atoms with Gasteiger partial charge in [-0.15, -0.1) is 0 Å². The standard InChI is InChI=1S/C21H22FN3O3S/c1-14(26)24-29(27,28)17-8-6-16(7-9-17)25-20(11-12-23-25)18-10-5-15(22)13-19(18)21(2,3)4/h5-13H,1-4H3,(H,24,26). The number of halogens is 1. The molecule has 0 saturated heterocycles. The van der Waals surface area contributed by atoms with Crippen LogP contribution in [0.3, 0.4) is 0 Å². The molecule has 0 aliphatic carbocycles. The fourth-order valence-electron chi connectivity index (χ4n) is 3.09. The highest BCUT2D eigenvalue weighted by atomic mass is 32.2. The van der Waals surface area contributed by atoms with Gasteiger partial charge in [0.25, 0.3) is 10.0 Å². The molecule has 0 aliphatic rings. The highest BCUT2D eigenvalue weighted by molar-refractivity contribution is 7.90. The van der Waals surface area contributed by atoms with Crippen molar-refractivity contribution in [3.63, 3.8) is 0 Å². The van der Waals surface area contributed by atoms with Gasteiger partial charge in [0.15, 0.2) is 0 Å². The Kier molecular flexibility index (Phi) is 5.32. The van der Waals surface area contributed by atoms with Crippen molar-refractivity contribution in [2.45, 2.75) is 38.0 Å². The zero-order chi connectivity index (χ0) is 21.4. The van der Waals surface area contributed by atoms with Crippen LogP contribution in [-0.4, -0.2) is 24.1 Å². The molecule has 3 aromatic rings. The van der Waals surface area contributed by atoms with Crippen LogP contribution in [0.15, 0.2) is 59.6 Å². The molecule has 0 fully saturated rings. The van der Waals surface area contributed by atoms with E-state index in [0.717, 1.165) is 23.7 Å². The molecule has 0 saturated carbocycles. The van der Waals surface area contributed by atoms with Gasteiger partial charge in [0.05, 0.1) is 22.5 Å². The van der Waals surface area contributed by atoms with Crippen molar-refractivity contribution in [1.29, 1.82) is 0 Å². The number of hydrogen-bond acceptors (Lipinski definition) is 4. The van der Waals surface area contributed by atoms with E-state index < -0.39 is 15.9 Å². The topological polar surface area (TPSA) is 81.1 Å². The first-order chi connectivity index (χ1) is 13.5. The number of carbonyl (C=O) groups excluding carboxylic acids is 1. The Hall–Kier alpha value is -3.00. The van der Waals surface area contributed by atoms with Gasteiger partial charge in [-0.25, -0.2) is 22.2 Å². The molecule has 0 unspecified atom stereocenters. The maximum absolute atomic E-state index is 13.9. The number of carbonyl (C=O) groups is 1. The Balaban J connectivity index is 2.06. The van der Waals surface area contributed by atoms with Gasteiger partial charge in [-0.1, -0.05) is 20.8 Å². The average molecular weight is 415 g/mol. The summed E-state index contributed by atoms with van der Waals surface area (Å²) in [6.07, 6.45) is 1.63. The van der Waals surface area contributed by atoms with Crippen molar-refractivity contribution in [3.05, 3.63) is 66.1 Å². The molecule has 1 N–H and O–H groups in total. The number of sulfonamides is 1. The van der Waals surface area contributed by atoms with Crippen LogP contribution in [0.2, 0.25) is 0 Å². The van der Waals surface area contributed by atoms with E-state index in [1.54, 1.807) is 29.1 Å². The first-order valence-electron chi connectivity index (χ1n) is 8.97.